The second-order valence-electron chi connectivity index (χ2n) is 9.61. The summed E-state index contributed by atoms with van der Waals surface area (Å²) in [5.74, 6) is -0.708. The molecule has 0 saturated heterocycles. The van der Waals surface area contributed by atoms with Gasteiger partial charge in [0, 0.05) is 12.6 Å². The number of carbonyl (C=O) groups excluding carboxylic acids is 2. The minimum Gasteiger partial charge on any atom is -0.495 e. The molecule has 0 bridgehead atoms. The topological polar surface area (TPSA) is 96.0 Å². The molecule has 0 fully saturated rings. The zero-order valence-corrected chi connectivity index (χ0v) is 25.3. The first kappa shape index (κ1) is 31.3. The Labute approximate surface area is 245 Å². The molecule has 11 heteroatoms. The van der Waals surface area contributed by atoms with E-state index in [2.05, 4.69) is 5.32 Å². The molecule has 40 heavy (non-hydrogen) atoms. The van der Waals surface area contributed by atoms with Crippen LogP contribution in [-0.4, -0.2) is 50.9 Å². The number of para-hydroxylation sites is 2. The standard InChI is InChI=1S/C29H33Cl2N3O5S/c1-19(2)32-29(36)21(4)33(17-22-12-15-24(30)25(31)16-22)28(35)18-34(26-8-6-7-9-27(26)39-5)40(37,38)23-13-10-20(3)11-14-23/h6-16,19,21H,17-18H2,1-5H3,(H,32,36). The highest BCUT2D eigenvalue weighted by Gasteiger charge is 2.34. The maximum absolute atomic E-state index is 14.0. The van der Waals surface area contributed by atoms with E-state index in [-0.39, 0.29) is 34.8 Å². The number of rotatable bonds is 11. The summed E-state index contributed by atoms with van der Waals surface area (Å²) in [6.07, 6.45) is 0. The molecular formula is C29H33Cl2N3O5S. The summed E-state index contributed by atoms with van der Waals surface area (Å²) < 4.78 is 34.3. The molecular weight excluding hydrogens is 573 g/mol. The number of benzene rings is 3. The monoisotopic (exact) mass is 605 g/mol. The van der Waals surface area contributed by atoms with Gasteiger partial charge in [-0.3, -0.25) is 13.9 Å². The molecule has 0 heterocycles. The molecule has 214 valence electrons. The third-order valence-corrected chi connectivity index (χ3v) is 8.69. The van der Waals surface area contributed by atoms with Crippen LogP contribution in [0.3, 0.4) is 0 Å². The van der Waals surface area contributed by atoms with E-state index in [9.17, 15) is 18.0 Å². The summed E-state index contributed by atoms with van der Waals surface area (Å²) in [7, 11) is -2.79. The SMILES string of the molecule is COc1ccccc1N(CC(=O)N(Cc1ccc(Cl)c(Cl)c1)C(C)C(=O)NC(C)C)S(=O)(=O)c1ccc(C)cc1. The van der Waals surface area contributed by atoms with Gasteiger partial charge in [0.25, 0.3) is 10.0 Å². The molecule has 1 unspecified atom stereocenters. The number of carbonyl (C=O) groups is 2. The van der Waals surface area contributed by atoms with E-state index in [0.29, 0.717) is 15.6 Å². The van der Waals surface area contributed by atoms with Crippen LogP contribution in [0.5, 0.6) is 5.75 Å². The molecule has 0 aliphatic rings. The quantitative estimate of drug-likeness (QED) is 0.313. The summed E-state index contributed by atoms with van der Waals surface area (Å²) >= 11 is 12.3. The highest BCUT2D eigenvalue weighted by Crippen LogP contribution is 2.33. The zero-order chi connectivity index (χ0) is 29.6. The molecule has 0 aliphatic heterocycles. The minimum absolute atomic E-state index is 0.00719. The number of nitrogens with one attached hydrogen (secondary N) is 1. The van der Waals surface area contributed by atoms with Crippen molar-refractivity contribution < 1.29 is 22.7 Å². The number of halogens is 2. The van der Waals surface area contributed by atoms with E-state index in [1.165, 1.54) is 24.1 Å². The fourth-order valence-electron chi connectivity index (χ4n) is 4.01. The molecule has 1 atom stereocenters. The van der Waals surface area contributed by atoms with Crippen molar-refractivity contribution in [3.05, 3.63) is 87.9 Å². The van der Waals surface area contributed by atoms with Gasteiger partial charge in [-0.15, -0.1) is 0 Å². The Bertz CT molecular complexity index is 1460. The maximum Gasteiger partial charge on any atom is 0.264 e. The predicted octanol–water partition coefficient (Wildman–Crippen LogP) is 5.45. The summed E-state index contributed by atoms with van der Waals surface area (Å²) in [5, 5.41) is 3.46. The first-order valence-corrected chi connectivity index (χ1v) is 14.8. The number of methoxy groups -OCH3 is 1. The molecule has 1 N–H and O–H groups in total. The van der Waals surface area contributed by atoms with Crippen LogP contribution in [0.2, 0.25) is 10.0 Å². The summed E-state index contributed by atoms with van der Waals surface area (Å²) in [6, 6.07) is 16.7. The first-order valence-electron chi connectivity index (χ1n) is 12.6. The van der Waals surface area contributed by atoms with Crippen molar-refractivity contribution in [2.75, 3.05) is 18.0 Å². The van der Waals surface area contributed by atoms with Crippen molar-refractivity contribution >= 4 is 50.7 Å². The number of amides is 2. The van der Waals surface area contributed by atoms with Crippen LogP contribution in [0, 0.1) is 6.92 Å². The third-order valence-electron chi connectivity index (χ3n) is 6.18. The van der Waals surface area contributed by atoms with Crippen LogP contribution in [-0.2, 0) is 26.2 Å². The van der Waals surface area contributed by atoms with Gasteiger partial charge < -0.3 is 15.0 Å². The van der Waals surface area contributed by atoms with Crippen LogP contribution >= 0.6 is 23.2 Å². The van der Waals surface area contributed by atoms with Crippen LogP contribution < -0.4 is 14.4 Å². The Morgan fingerprint density at radius 3 is 2.20 bits per heavy atom. The van der Waals surface area contributed by atoms with Crippen molar-refractivity contribution in [1.29, 1.82) is 0 Å². The van der Waals surface area contributed by atoms with Gasteiger partial charge in [0.2, 0.25) is 11.8 Å². The van der Waals surface area contributed by atoms with Gasteiger partial charge in [-0.25, -0.2) is 8.42 Å². The Morgan fingerprint density at radius 1 is 0.950 bits per heavy atom. The van der Waals surface area contributed by atoms with Gasteiger partial charge >= 0.3 is 0 Å². The highest BCUT2D eigenvalue weighted by atomic mass is 35.5. The van der Waals surface area contributed by atoms with Crippen molar-refractivity contribution in [2.45, 2.75) is 51.2 Å². The van der Waals surface area contributed by atoms with Gasteiger partial charge in [-0.05, 0) is 69.7 Å². The molecule has 0 saturated carbocycles. The molecule has 0 spiro atoms. The lowest BCUT2D eigenvalue weighted by molar-refractivity contribution is -0.139. The van der Waals surface area contributed by atoms with Crippen molar-refractivity contribution in [3.63, 3.8) is 0 Å². The number of aryl methyl sites for hydroxylation is 1. The average molecular weight is 607 g/mol. The summed E-state index contributed by atoms with van der Waals surface area (Å²) in [5.41, 5.74) is 1.70. The van der Waals surface area contributed by atoms with Gasteiger partial charge in [-0.1, -0.05) is 59.1 Å². The number of hydrogen-bond acceptors (Lipinski definition) is 5. The smallest absolute Gasteiger partial charge is 0.264 e. The van der Waals surface area contributed by atoms with E-state index in [0.717, 1.165) is 9.87 Å². The van der Waals surface area contributed by atoms with Gasteiger partial charge in [0.05, 0.1) is 27.7 Å². The molecule has 3 aromatic carbocycles. The van der Waals surface area contributed by atoms with Crippen molar-refractivity contribution in [1.82, 2.24) is 10.2 Å². The first-order chi connectivity index (χ1) is 18.8. The van der Waals surface area contributed by atoms with E-state index < -0.39 is 28.5 Å². The summed E-state index contributed by atoms with van der Waals surface area (Å²) in [6.45, 7) is 6.47. The van der Waals surface area contributed by atoms with E-state index in [1.807, 2.05) is 20.8 Å². The minimum atomic E-state index is -4.22. The third kappa shape index (κ3) is 7.47. The molecule has 0 radical (unpaired) electrons. The Balaban J connectivity index is 2.08. The lowest BCUT2D eigenvalue weighted by Gasteiger charge is -2.32. The second-order valence-corrected chi connectivity index (χ2v) is 12.3. The zero-order valence-electron chi connectivity index (χ0n) is 23.0. The largest absolute Gasteiger partial charge is 0.495 e. The van der Waals surface area contributed by atoms with Crippen LogP contribution in [0.1, 0.15) is 31.9 Å². The fourth-order valence-corrected chi connectivity index (χ4v) is 5.75. The molecule has 0 aromatic heterocycles. The number of hydrogen-bond donors (Lipinski definition) is 1. The lowest BCUT2D eigenvalue weighted by Crippen LogP contribution is -2.52. The van der Waals surface area contributed by atoms with Crippen LogP contribution in [0.25, 0.3) is 0 Å². The molecule has 2 amide bonds. The van der Waals surface area contributed by atoms with Crippen molar-refractivity contribution in [3.8, 4) is 5.75 Å². The molecule has 0 aliphatic carbocycles. The predicted molar refractivity (Wildman–Crippen MR) is 158 cm³/mol. The van der Waals surface area contributed by atoms with Crippen LogP contribution in [0.4, 0.5) is 5.69 Å². The normalized spacial score (nSPS) is 12.1. The second kappa shape index (κ2) is 13.4. The lowest BCUT2D eigenvalue weighted by atomic mass is 10.1. The van der Waals surface area contributed by atoms with E-state index >= 15 is 0 Å². The summed E-state index contributed by atoms with van der Waals surface area (Å²) in [4.78, 5) is 28.3. The van der Waals surface area contributed by atoms with Gasteiger partial charge in [-0.2, -0.15) is 0 Å². The number of sulfonamides is 1. The Morgan fingerprint density at radius 2 is 1.60 bits per heavy atom. The van der Waals surface area contributed by atoms with Crippen LogP contribution in [0.15, 0.2) is 71.6 Å². The fraction of sp³-hybridized carbons (Fsp3) is 0.310. The molecule has 3 rings (SSSR count). The number of anilines is 1. The Kier molecular flexibility index (Phi) is 10.5. The Hall–Kier alpha value is -3.27. The molecule has 3 aromatic rings. The number of ether oxygens (including phenoxy) is 1. The van der Waals surface area contributed by atoms with E-state index in [1.54, 1.807) is 61.5 Å². The molecule has 8 nitrogen and oxygen atoms in total. The van der Waals surface area contributed by atoms with Gasteiger partial charge in [0.15, 0.2) is 0 Å². The maximum atomic E-state index is 14.0. The van der Waals surface area contributed by atoms with Crippen molar-refractivity contribution in [2.24, 2.45) is 0 Å². The average Bonchev–Trinajstić information content (AvgIpc) is 2.91. The van der Waals surface area contributed by atoms with Gasteiger partial charge in [0.1, 0.15) is 18.3 Å². The highest BCUT2D eigenvalue weighted by molar-refractivity contribution is 7.92. The number of nitrogens with zero attached hydrogens (tertiary/aromatic N) is 2. The van der Waals surface area contributed by atoms with E-state index in [4.69, 9.17) is 27.9 Å².